The molecule has 0 fully saturated rings. The number of methoxy groups -OCH3 is 1. The lowest BCUT2D eigenvalue weighted by Gasteiger charge is -2.29. The van der Waals surface area contributed by atoms with Gasteiger partial charge in [-0.3, -0.25) is 9.59 Å². The summed E-state index contributed by atoms with van der Waals surface area (Å²) in [6.07, 6.45) is 0.232. The third kappa shape index (κ3) is 3.87. The van der Waals surface area contributed by atoms with E-state index in [0.717, 1.165) is 0 Å². The molecule has 21 heavy (non-hydrogen) atoms. The predicted molar refractivity (Wildman–Crippen MR) is 78.2 cm³/mol. The maximum Gasteiger partial charge on any atom is 0.315 e. The van der Waals surface area contributed by atoms with E-state index < -0.39 is 5.82 Å². The van der Waals surface area contributed by atoms with Crippen molar-refractivity contribution in [2.24, 2.45) is 0 Å². The van der Waals surface area contributed by atoms with Crippen LogP contribution in [0, 0.1) is 5.82 Å². The van der Waals surface area contributed by atoms with Crippen LogP contribution in [0.25, 0.3) is 0 Å². The summed E-state index contributed by atoms with van der Waals surface area (Å²) in [5, 5.41) is 0. The summed E-state index contributed by atoms with van der Waals surface area (Å²) in [5.74, 6) is 0.101. The fourth-order valence-electron chi connectivity index (χ4n) is 1.99. The van der Waals surface area contributed by atoms with Crippen molar-refractivity contribution in [3.05, 3.63) is 24.0 Å². The van der Waals surface area contributed by atoms with E-state index in [4.69, 9.17) is 4.74 Å². The number of benzene rings is 1. The molecule has 2 rings (SSSR count). The van der Waals surface area contributed by atoms with Gasteiger partial charge in [-0.05, 0) is 12.1 Å². The Morgan fingerprint density at radius 2 is 2.29 bits per heavy atom. The van der Waals surface area contributed by atoms with E-state index in [-0.39, 0.29) is 29.7 Å². The Morgan fingerprint density at radius 1 is 1.48 bits per heavy atom. The van der Waals surface area contributed by atoms with E-state index in [1.54, 1.807) is 12.1 Å². The van der Waals surface area contributed by atoms with Gasteiger partial charge in [0.05, 0.1) is 19.4 Å². The summed E-state index contributed by atoms with van der Waals surface area (Å²) >= 11 is 1.32. The third-order valence-electron chi connectivity index (χ3n) is 3.00. The van der Waals surface area contributed by atoms with Crippen molar-refractivity contribution in [3.8, 4) is 5.75 Å². The molecule has 0 atom stereocenters. The van der Waals surface area contributed by atoms with Crippen molar-refractivity contribution in [2.45, 2.75) is 6.42 Å². The van der Waals surface area contributed by atoms with E-state index in [2.05, 4.69) is 4.74 Å². The smallest absolute Gasteiger partial charge is 0.315 e. The van der Waals surface area contributed by atoms with Gasteiger partial charge in [-0.25, -0.2) is 4.39 Å². The predicted octanol–water partition coefficient (Wildman–Crippen LogP) is 1.85. The van der Waals surface area contributed by atoms with Crippen molar-refractivity contribution in [1.82, 2.24) is 0 Å². The number of anilines is 1. The van der Waals surface area contributed by atoms with Crippen LogP contribution in [0.2, 0.25) is 0 Å². The van der Waals surface area contributed by atoms with Gasteiger partial charge < -0.3 is 14.4 Å². The Hall–Kier alpha value is -1.76. The molecule has 1 heterocycles. The first-order chi connectivity index (χ1) is 10.1. The minimum atomic E-state index is -0.470. The van der Waals surface area contributed by atoms with Crippen LogP contribution in [0.5, 0.6) is 5.75 Å². The highest BCUT2D eigenvalue weighted by Crippen LogP contribution is 2.34. The van der Waals surface area contributed by atoms with Crippen LogP contribution in [-0.2, 0) is 14.3 Å². The number of amides is 1. The highest BCUT2D eigenvalue weighted by molar-refractivity contribution is 7.99. The standard InChI is InChI=1S/C14H16FNO4S/c1-19-13(18)9-21-8-5-12(17)16-6-7-20-11-4-2-3-10(15)14(11)16/h2-4H,5-9H2,1H3. The Labute approximate surface area is 126 Å². The quantitative estimate of drug-likeness (QED) is 0.613. The van der Waals surface area contributed by atoms with Crippen molar-refractivity contribution >= 4 is 29.3 Å². The summed E-state index contributed by atoms with van der Waals surface area (Å²) in [5.41, 5.74) is 0.201. The summed E-state index contributed by atoms with van der Waals surface area (Å²) in [6.45, 7) is 0.673. The number of fused-ring (bicyclic) bond motifs is 1. The molecule has 0 aliphatic carbocycles. The second kappa shape index (κ2) is 7.31. The van der Waals surface area contributed by atoms with Crippen molar-refractivity contribution in [3.63, 3.8) is 0 Å². The molecule has 0 saturated heterocycles. The average molecular weight is 313 g/mol. The van der Waals surface area contributed by atoms with Crippen molar-refractivity contribution in [1.29, 1.82) is 0 Å². The van der Waals surface area contributed by atoms with Gasteiger partial charge in [-0.15, -0.1) is 11.8 Å². The van der Waals surface area contributed by atoms with Crippen molar-refractivity contribution in [2.75, 3.05) is 36.7 Å². The molecule has 114 valence electrons. The lowest BCUT2D eigenvalue weighted by molar-refractivity contribution is -0.137. The molecule has 1 aliphatic heterocycles. The van der Waals surface area contributed by atoms with E-state index in [0.29, 0.717) is 24.7 Å². The molecule has 0 aromatic heterocycles. The van der Waals surface area contributed by atoms with E-state index in [1.807, 2.05) is 0 Å². The van der Waals surface area contributed by atoms with Gasteiger partial charge in [0.1, 0.15) is 18.0 Å². The number of thioether (sulfide) groups is 1. The summed E-state index contributed by atoms with van der Waals surface area (Å²) in [7, 11) is 1.32. The molecule has 1 aliphatic rings. The van der Waals surface area contributed by atoms with Crippen LogP contribution in [0.4, 0.5) is 10.1 Å². The monoisotopic (exact) mass is 313 g/mol. The third-order valence-corrected chi connectivity index (χ3v) is 3.93. The molecule has 7 heteroatoms. The Morgan fingerprint density at radius 3 is 3.05 bits per heavy atom. The summed E-state index contributed by atoms with van der Waals surface area (Å²) < 4.78 is 23.8. The van der Waals surface area contributed by atoms with Gasteiger partial charge in [0, 0.05) is 12.2 Å². The minimum absolute atomic E-state index is 0.179. The zero-order chi connectivity index (χ0) is 15.2. The number of halogens is 1. The number of para-hydroxylation sites is 1. The number of rotatable bonds is 5. The van der Waals surface area contributed by atoms with Crippen LogP contribution in [0.15, 0.2) is 18.2 Å². The summed E-state index contributed by atoms with van der Waals surface area (Å²) in [6, 6.07) is 4.50. The highest BCUT2D eigenvalue weighted by Gasteiger charge is 2.26. The Kier molecular flexibility index (Phi) is 5.44. The van der Waals surface area contributed by atoms with E-state index in [1.165, 1.54) is 29.8 Å². The number of esters is 1. The van der Waals surface area contributed by atoms with Gasteiger partial charge in [0.2, 0.25) is 5.91 Å². The Balaban J connectivity index is 1.94. The first-order valence-corrected chi connectivity index (χ1v) is 7.65. The second-order valence-electron chi connectivity index (χ2n) is 4.36. The van der Waals surface area contributed by atoms with E-state index >= 15 is 0 Å². The SMILES string of the molecule is COC(=O)CSCCC(=O)N1CCOc2cccc(F)c21. The molecular formula is C14H16FNO4S. The maximum atomic E-state index is 13.9. The second-order valence-corrected chi connectivity index (χ2v) is 5.46. The lowest BCUT2D eigenvalue weighted by atomic mass is 10.2. The van der Waals surface area contributed by atoms with Crippen LogP contribution < -0.4 is 9.64 Å². The number of hydrogen-bond donors (Lipinski definition) is 0. The van der Waals surface area contributed by atoms with Crippen LogP contribution in [0.3, 0.4) is 0 Å². The number of carbonyl (C=O) groups excluding carboxylic acids is 2. The van der Waals surface area contributed by atoms with Gasteiger partial charge >= 0.3 is 5.97 Å². The van der Waals surface area contributed by atoms with Gasteiger partial charge in [-0.1, -0.05) is 6.07 Å². The van der Waals surface area contributed by atoms with Gasteiger partial charge in [-0.2, -0.15) is 0 Å². The maximum absolute atomic E-state index is 13.9. The molecule has 0 saturated carbocycles. The van der Waals surface area contributed by atoms with Gasteiger partial charge in [0.15, 0.2) is 5.82 Å². The lowest BCUT2D eigenvalue weighted by Crippen LogP contribution is -2.38. The zero-order valence-electron chi connectivity index (χ0n) is 11.6. The fourth-order valence-corrected chi connectivity index (χ4v) is 2.74. The fraction of sp³-hybridized carbons (Fsp3) is 0.429. The Bertz CT molecular complexity index is 538. The number of nitrogens with zero attached hydrogens (tertiary/aromatic N) is 1. The molecule has 0 bridgehead atoms. The largest absolute Gasteiger partial charge is 0.489 e. The highest BCUT2D eigenvalue weighted by atomic mass is 32.2. The van der Waals surface area contributed by atoms with Crippen LogP contribution in [-0.4, -0.2) is 43.6 Å². The summed E-state index contributed by atoms with van der Waals surface area (Å²) in [4.78, 5) is 24.6. The average Bonchev–Trinajstić information content (AvgIpc) is 2.50. The normalized spacial score (nSPS) is 13.3. The molecular weight excluding hydrogens is 297 g/mol. The van der Waals surface area contributed by atoms with Crippen LogP contribution >= 0.6 is 11.8 Å². The number of hydrogen-bond acceptors (Lipinski definition) is 5. The first-order valence-electron chi connectivity index (χ1n) is 6.49. The minimum Gasteiger partial charge on any atom is -0.489 e. The molecule has 1 amide bonds. The molecule has 0 radical (unpaired) electrons. The number of carbonyl (C=O) groups is 2. The molecule has 0 unspecified atom stereocenters. The zero-order valence-corrected chi connectivity index (χ0v) is 12.5. The topological polar surface area (TPSA) is 55.8 Å². The first kappa shape index (κ1) is 15.6. The molecule has 1 aromatic rings. The molecule has 1 aromatic carbocycles. The van der Waals surface area contributed by atoms with E-state index in [9.17, 15) is 14.0 Å². The van der Waals surface area contributed by atoms with Gasteiger partial charge in [0.25, 0.3) is 0 Å². The molecule has 0 N–H and O–H groups in total. The number of ether oxygens (including phenoxy) is 2. The van der Waals surface area contributed by atoms with Crippen molar-refractivity contribution < 1.29 is 23.5 Å². The van der Waals surface area contributed by atoms with Crippen LogP contribution in [0.1, 0.15) is 6.42 Å². The molecule has 5 nitrogen and oxygen atoms in total. The molecule has 0 spiro atoms.